The van der Waals surface area contributed by atoms with Crippen LogP contribution in [0.15, 0.2) is 22.8 Å². The second-order valence-corrected chi connectivity index (χ2v) is 5.00. The van der Waals surface area contributed by atoms with Gasteiger partial charge < -0.3 is 19.1 Å². The van der Waals surface area contributed by atoms with Gasteiger partial charge in [0.05, 0.1) is 12.3 Å². The molecule has 1 aromatic carbocycles. The molecule has 1 aliphatic heterocycles. The fraction of sp³-hybridized carbons (Fsp3) is 0.308. The van der Waals surface area contributed by atoms with Gasteiger partial charge in [0.15, 0.2) is 11.5 Å². The van der Waals surface area contributed by atoms with Crippen molar-refractivity contribution in [3.8, 4) is 22.9 Å². The molecule has 3 rings (SSSR count). The zero-order valence-corrected chi connectivity index (χ0v) is 12.0. The summed E-state index contributed by atoms with van der Waals surface area (Å²) in [6.07, 6.45) is 0. The van der Waals surface area contributed by atoms with Crippen molar-refractivity contribution in [2.75, 3.05) is 13.2 Å². The third-order valence-corrected chi connectivity index (χ3v) is 4.03. The molecule has 0 saturated carbocycles. The van der Waals surface area contributed by atoms with E-state index in [0.717, 1.165) is 27.5 Å². The van der Waals surface area contributed by atoms with Gasteiger partial charge in [-0.05, 0) is 34.1 Å². The number of aliphatic hydroxyl groups excluding tert-OH is 1. The van der Waals surface area contributed by atoms with Gasteiger partial charge >= 0.3 is 0 Å². The topological polar surface area (TPSA) is 56.5 Å². The number of benzene rings is 1. The molecular weight excluding hydrogens is 312 g/mol. The Hall–Kier alpha value is -1.53. The predicted octanol–water partition coefficient (Wildman–Crippen LogP) is 2.11. The highest BCUT2D eigenvalue weighted by Gasteiger charge is 2.17. The summed E-state index contributed by atoms with van der Waals surface area (Å²) in [7, 11) is 1.89. The molecule has 19 heavy (non-hydrogen) atoms. The van der Waals surface area contributed by atoms with Gasteiger partial charge in [0.2, 0.25) is 0 Å². The van der Waals surface area contributed by atoms with Gasteiger partial charge in [0, 0.05) is 12.6 Å². The van der Waals surface area contributed by atoms with Crippen LogP contribution in [0, 0.1) is 0 Å². The maximum atomic E-state index is 9.24. The predicted molar refractivity (Wildman–Crippen MR) is 73.3 cm³/mol. The van der Waals surface area contributed by atoms with Crippen LogP contribution in [-0.4, -0.2) is 27.9 Å². The average molecular weight is 325 g/mol. The maximum Gasteiger partial charge on any atom is 0.162 e. The van der Waals surface area contributed by atoms with Crippen molar-refractivity contribution in [1.82, 2.24) is 9.55 Å². The molecule has 1 aromatic heterocycles. The Balaban J connectivity index is 2.07. The highest BCUT2D eigenvalue weighted by molar-refractivity contribution is 9.10. The highest BCUT2D eigenvalue weighted by atomic mass is 79.9. The molecule has 0 amide bonds. The van der Waals surface area contributed by atoms with Crippen LogP contribution in [0.2, 0.25) is 0 Å². The molecule has 0 spiro atoms. The molecule has 0 fully saturated rings. The molecule has 0 atom stereocenters. The summed E-state index contributed by atoms with van der Waals surface area (Å²) in [5.41, 5.74) is 1.54. The van der Waals surface area contributed by atoms with Crippen LogP contribution in [0.25, 0.3) is 11.4 Å². The van der Waals surface area contributed by atoms with E-state index in [4.69, 9.17) is 9.47 Å². The van der Waals surface area contributed by atoms with Crippen LogP contribution < -0.4 is 9.47 Å². The zero-order valence-electron chi connectivity index (χ0n) is 10.4. The van der Waals surface area contributed by atoms with Crippen LogP contribution in [0.4, 0.5) is 0 Å². The third-order valence-electron chi connectivity index (χ3n) is 3.04. The monoisotopic (exact) mass is 324 g/mol. The van der Waals surface area contributed by atoms with Crippen LogP contribution >= 0.6 is 15.9 Å². The Labute approximate surface area is 118 Å². The Morgan fingerprint density at radius 1 is 1.32 bits per heavy atom. The Morgan fingerprint density at radius 2 is 2.05 bits per heavy atom. The summed E-state index contributed by atoms with van der Waals surface area (Å²) < 4.78 is 13.7. The number of aliphatic hydroxyl groups is 1. The number of fused-ring (bicyclic) bond motifs is 1. The van der Waals surface area contributed by atoms with Crippen LogP contribution in [0.5, 0.6) is 11.5 Å². The fourth-order valence-electron chi connectivity index (χ4n) is 2.08. The molecule has 2 heterocycles. The Morgan fingerprint density at radius 3 is 2.74 bits per heavy atom. The van der Waals surface area contributed by atoms with E-state index in [-0.39, 0.29) is 6.61 Å². The van der Waals surface area contributed by atoms with Crippen LogP contribution in [0.1, 0.15) is 5.69 Å². The number of hydrogen-bond donors (Lipinski definition) is 1. The summed E-state index contributed by atoms with van der Waals surface area (Å²) in [5.74, 6) is 2.26. The molecule has 0 bridgehead atoms. The van der Waals surface area contributed by atoms with Gasteiger partial charge in [0.25, 0.3) is 0 Å². The molecule has 100 valence electrons. The average Bonchev–Trinajstić information content (AvgIpc) is 2.74. The lowest BCUT2D eigenvalue weighted by Gasteiger charge is -2.18. The first-order valence-electron chi connectivity index (χ1n) is 5.92. The normalized spacial score (nSPS) is 13.6. The minimum Gasteiger partial charge on any atom is -0.486 e. The molecular formula is C13H13BrN2O3. The van der Waals surface area contributed by atoms with Gasteiger partial charge in [-0.15, -0.1) is 0 Å². The summed E-state index contributed by atoms with van der Waals surface area (Å²) in [6, 6.07) is 5.72. The number of hydrogen-bond acceptors (Lipinski definition) is 4. The van der Waals surface area contributed by atoms with Gasteiger partial charge in [-0.1, -0.05) is 0 Å². The third kappa shape index (κ3) is 2.11. The van der Waals surface area contributed by atoms with Crippen molar-refractivity contribution in [2.45, 2.75) is 6.61 Å². The minimum atomic E-state index is -0.0982. The molecule has 0 saturated heterocycles. The molecule has 5 nitrogen and oxygen atoms in total. The standard InChI is InChI=1S/C13H13BrN2O3/c1-16-12(14)9(7-17)15-13(16)8-2-3-10-11(6-8)19-5-4-18-10/h2-3,6,17H,4-5,7H2,1H3. The number of ether oxygens (including phenoxy) is 2. The summed E-state index contributed by atoms with van der Waals surface area (Å²) in [5, 5.41) is 9.24. The van der Waals surface area contributed by atoms with Crippen molar-refractivity contribution < 1.29 is 14.6 Å². The first kappa shape index (κ1) is 12.5. The molecule has 6 heteroatoms. The number of aromatic nitrogens is 2. The number of nitrogens with zero attached hydrogens (tertiary/aromatic N) is 2. The molecule has 1 aliphatic rings. The van der Waals surface area contributed by atoms with Crippen molar-refractivity contribution in [1.29, 1.82) is 0 Å². The molecule has 2 aromatic rings. The Bertz CT molecular complexity index is 625. The van der Waals surface area contributed by atoms with E-state index in [0.29, 0.717) is 18.9 Å². The van der Waals surface area contributed by atoms with E-state index in [1.54, 1.807) is 0 Å². The maximum absolute atomic E-state index is 9.24. The summed E-state index contributed by atoms with van der Waals surface area (Å²) in [4.78, 5) is 4.42. The van der Waals surface area contributed by atoms with Gasteiger partial charge in [-0.25, -0.2) is 4.98 Å². The zero-order chi connectivity index (χ0) is 13.4. The number of halogens is 1. The van der Waals surface area contributed by atoms with E-state index in [2.05, 4.69) is 20.9 Å². The Kier molecular flexibility index (Phi) is 3.20. The van der Waals surface area contributed by atoms with E-state index in [9.17, 15) is 5.11 Å². The number of imidazole rings is 1. The van der Waals surface area contributed by atoms with Gasteiger partial charge in [-0.2, -0.15) is 0 Å². The highest BCUT2D eigenvalue weighted by Crippen LogP contribution is 2.35. The molecule has 0 radical (unpaired) electrons. The smallest absolute Gasteiger partial charge is 0.162 e. The van der Waals surface area contributed by atoms with E-state index in [1.807, 2.05) is 29.8 Å². The fourth-order valence-corrected chi connectivity index (χ4v) is 2.46. The van der Waals surface area contributed by atoms with Crippen LogP contribution in [-0.2, 0) is 13.7 Å². The second-order valence-electron chi connectivity index (χ2n) is 4.25. The molecule has 0 unspecified atom stereocenters. The molecule has 0 aliphatic carbocycles. The minimum absolute atomic E-state index is 0.0982. The van der Waals surface area contributed by atoms with Crippen molar-refractivity contribution in [3.05, 3.63) is 28.5 Å². The van der Waals surface area contributed by atoms with Gasteiger partial charge in [0.1, 0.15) is 23.6 Å². The van der Waals surface area contributed by atoms with Gasteiger partial charge in [-0.3, -0.25) is 0 Å². The number of rotatable bonds is 2. The largest absolute Gasteiger partial charge is 0.486 e. The van der Waals surface area contributed by atoms with Crippen molar-refractivity contribution in [3.63, 3.8) is 0 Å². The lowest BCUT2D eigenvalue weighted by Crippen LogP contribution is -2.15. The lowest BCUT2D eigenvalue weighted by atomic mass is 10.2. The van der Waals surface area contributed by atoms with Crippen LogP contribution in [0.3, 0.4) is 0 Å². The first-order chi connectivity index (χ1) is 9.20. The SMILES string of the molecule is Cn1c(-c2ccc3c(c2)OCCO3)nc(CO)c1Br. The quantitative estimate of drug-likeness (QED) is 0.919. The van der Waals surface area contributed by atoms with Crippen molar-refractivity contribution >= 4 is 15.9 Å². The second kappa shape index (κ2) is 4.86. The van der Waals surface area contributed by atoms with E-state index in [1.165, 1.54) is 0 Å². The van der Waals surface area contributed by atoms with E-state index >= 15 is 0 Å². The lowest BCUT2D eigenvalue weighted by molar-refractivity contribution is 0.171. The summed E-state index contributed by atoms with van der Waals surface area (Å²) >= 11 is 3.42. The first-order valence-corrected chi connectivity index (χ1v) is 6.72. The van der Waals surface area contributed by atoms with E-state index < -0.39 is 0 Å². The van der Waals surface area contributed by atoms with Crippen molar-refractivity contribution in [2.24, 2.45) is 7.05 Å². The summed E-state index contributed by atoms with van der Waals surface area (Å²) in [6.45, 7) is 1.04. The molecule has 1 N–H and O–H groups in total.